The Balaban J connectivity index is 1.97. The van der Waals surface area contributed by atoms with E-state index in [1.54, 1.807) is 0 Å². The summed E-state index contributed by atoms with van der Waals surface area (Å²) in [6.07, 6.45) is 1.30. The average molecular weight is 236 g/mol. The third kappa shape index (κ3) is 3.20. The van der Waals surface area contributed by atoms with E-state index in [0.717, 1.165) is 11.3 Å². The van der Waals surface area contributed by atoms with E-state index in [2.05, 4.69) is 13.0 Å². The lowest BCUT2D eigenvalue weighted by molar-refractivity contribution is -0.0856. The Morgan fingerprint density at radius 3 is 2.65 bits per heavy atom. The molecule has 0 unspecified atom stereocenters. The van der Waals surface area contributed by atoms with Crippen molar-refractivity contribution in [3.8, 4) is 5.75 Å². The van der Waals surface area contributed by atoms with Crippen LogP contribution in [0.1, 0.15) is 24.0 Å². The molecule has 0 saturated carbocycles. The predicted octanol–water partition coefficient (Wildman–Crippen LogP) is 2.22. The van der Waals surface area contributed by atoms with Crippen molar-refractivity contribution in [3.05, 3.63) is 29.3 Å². The van der Waals surface area contributed by atoms with Gasteiger partial charge in [-0.25, -0.2) is 0 Å². The van der Waals surface area contributed by atoms with E-state index in [1.807, 2.05) is 19.1 Å². The van der Waals surface area contributed by atoms with Crippen molar-refractivity contribution in [3.63, 3.8) is 0 Å². The first-order valence-corrected chi connectivity index (χ1v) is 6.09. The van der Waals surface area contributed by atoms with Gasteiger partial charge in [0.1, 0.15) is 18.0 Å². The minimum atomic E-state index is -0.727. The minimum absolute atomic E-state index is 0.347. The van der Waals surface area contributed by atoms with Crippen LogP contribution in [0.5, 0.6) is 5.75 Å². The SMILES string of the molecule is Cc1ccc(OCC2(O)CCOCC2)c(C)c1. The molecule has 3 heteroatoms. The first-order chi connectivity index (χ1) is 8.09. The summed E-state index contributed by atoms with van der Waals surface area (Å²) in [7, 11) is 0. The fourth-order valence-corrected chi connectivity index (χ4v) is 2.07. The number of hydrogen-bond acceptors (Lipinski definition) is 3. The Hall–Kier alpha value is -1.06. The summed E-state index contributed by atoms with van der Waals surface area (Å²) in [6.45, 7) is 5.67. The third-order valence-electron chi connectivity index (χ3n) is 3.25. The van der Waals surface area contributed by atoms with Gasteiger partial charge >= 0.3 is 0 Å². The Morgan fingerprint density at radius 1 is 1.29 bits per heavy atom. The van der Waals surface area contributed by atoms with Gasteiger partial charge in [0.25, 0.3) is 0 Å². The van der Waals surface area contributed by atoms with Gasteiger partial charge in [-0.1, -0.05) is 17.7 Å². The normalized spacial score (nSPS) is 19.0. The van der Waals surface area contributed by atoms with Crippen LogP contribution in [0.4, 0.5) is 0 Å². The third-order valence-corrected chi connectivity index (χ3v) is 3.25. The molecule has 94 valence electrons. The highest BCUT2D eigenvalue weighted by Gasteiger charge is 2.30. The number of hydrogen-bond donors (Lipinski definition) is 1. The molecule has 2 rings (SSSR count). The molecule has 3 nitrogen and oxygen atoms in total. The molecule has 0 aromatic heterocycles. The molecule has 0 aliphatic carbocycles. The molecule has 0 amide bonds. The highest BCUT2D eigenvalue weighted by molar-refractivity contribution is 5.35. The highest BCUT2D eigenvalue weighted by atomic mass is 16.5. The van der Waals surface area contributed by atoms with Crippen molar-refractivity contribution >= 4 is 0 Å². The summed E-state index contributed by atoms with van der Waals surface area (Å²) in [5.41, 5.74) is 1.61. The zero-order valence-corrected chi connectivity index (χ0v) is 10.5. The molecule has 0 radical (unpaired) electrons. The Kier molecular flexibility index (Phi) is 3.69. The summed E-state index contributed by atoms with van der Waals surface area (Å²) in [5, 5.41) is 10.3. The van der Waals surface area contributed by atoms with Crippen LogP contribution >= 0.6 is 0 Å². The van der Waals surface area contributed by atoms with Crippen LogP contribution in [0.25, 0.3) is 0 Å². The zero-order valence-electron chi connectivity index (χ0n) is 10.5. The van der Waals surface area contributed by atoms with Gasteiger partial charge in [0.2, 0.25) is 0 Å². The van der Waals surface area contributed by atoms with Crippen molar-refractivity contribution < 1.29 is 14.6 Å². The molecule has 1 aromatic carbocycles. The quantitative estimate of drug-likeness (QED) is 0.874. The van der Waals surface area contributed by atoms with E-state index < -0.39 is 5.60 Å². The topological polar surface area (TPSA) is 38.7 Å². The maximum atomic E-state index is 10.3. The molecular formula is C14H20O3. The van der Waals surface area contributed by atoms with Crippen molar-refractivity contribution in [1.29, 1.82) is 0 Å². The molecule has 0 atom stereocenters. The van der Waals surface area contributed by atoms with Gasteiger partial charge in [0, 0.05) is 26.1 Å². The van der Waals surface area contributed by atoms with E-state index >= 15 is 0 Å². The summed E-state index contributed by atoms with van der Waals surface area (Å²) in [5.74, 6) is 0.857. The second kappa shape index (κ2) is 5.07. The number of aryl methyl sites for hydroxylation is 2. The van der Waals surface area contributed by atoms with E-state index in [0.29, 0.717) is 32.7 Å². The van der Waals surface area contributed by atoms with Gasteiger partial charge in [-0.05, 0) is 25.5 Å². The fourth-order valence-electron chi connectivity index (χ4n) is 2.07. The van der Waals surface area contributed by atoms with Gasteiger partial charge < -0.3 is 14.6 Å². The van der Waals surface area contributed by atoms with Crippen LogP contribution in [0.3, 0.4) is 0 Å². The average Bonchev–Trinajstić information content (AvgIpc) is 2.29. The standard InChI is InChI=1S/C14H20O3/c1-11-3-4-13(12(2)9-11)17-10-14(15)5-7-16-8-6-14/h3-4,9,15H,5-8,10H2,1-2H3. The molecule has 1 saturated heterocycles. The monoisotopic (exact) mass is 236 g/mol. The van der Waals surface area contributed by atoms with Crippen molar-refractivity contribution in [2.45, 2.75) is 32.3 Å². The second-order valence-corrected chi connectivity index (χ2v) is 4.89. The number of aliphatic hydroxyl groups is 1. The molecule has 1 aliphatic heterocycles. The van der Waals surface area contributed by atoms with Crippen LogP contribution in [-0.4, -0.2) is 30.5 Å². The van der Waals surface area contributed by atoms with Gasteiger partial charge in [-0.3, -0.25) is 0 Å². The predicted molar refractivity (Wildman–Crippen MR) is 66.4 cm³/mol. The van der Waals surface area contributed by atoms with Crippen LogP contribution in [0.2, 0.25) is 0 Å². The molecule has 0 spiro atoms. The van der Waals surface area contributed by atoms with E-state index in [1.165, 1.54) is 5.56 Å². The van der Waals surface area contributed by atoms with Crippen LogP contribution in [0.15, 0.2) is 18.2 Å². The Bertz CT molecular complexity index is 381. The van der Waals surface area contributed by atoms with Crippen LogP contribution in [-0.2, 0) is 4.74 Å². The maximum Gasteiger partial charge on any atom is 0.122 e. The number of ether oxygens (including phenoxy) is 2. The lowest BCUT2D eigenvalue weighted by Crippen LogP contribution is -2.41. The Labute approximate surface area is 102 Å². The van der Waals surface area contributed by atoms with Crippen molar-refractivity contribution in [1.82, 2.24) is 0 Å². The van der Waals surface area contributed by atoms with Gasteiger partial charge in [0.05, 0.1) is 0 Å². The fraction of sp³-hybridized carbons (Fsp3) is 0.571. The summed E-state index contributed by atoms with van der Waals surface area (Å²) < 4.78 is 11.0. The van der Waals surface area contributed by atoms with Crippen molar-refractivity contribution in [2.75, 3.05) is 19.8 Å². The molecule has 17 heavy (non-hydrogen) atoms. The zero-order chi connectivity index (χ0) is 12.3. The summed E-state index contributed by atoms with van der Waals surface area (Å²) in [4.78, 5) is 0. The molecule has 1 heterocycles. The summed E-state index contributed by atoms with van der Waals surface area (Å²) >= 11 is 0. The highest BCUT2D eigenvalue weighted by Crippen LogP contribution is 2.24. The van der Waals surface area contributed by atoms with E-state index in [4.69, 9.17) is 9.47 Å². The molecule has 1 N–H and O–H groups in total. The first kappa shape index (κ1) is 12.4. The largest absolute Gasteiger partial charge is 0.490 e. The lowest BCUT2D eigenvalue weighted by atomic mass is 9.96. The van der Waals surface area contributed by atoms with Crippen LogP contribution in [0, 0.1) is 13.8 Å². The lowest BCUT2D eigenvalue weighted by Gasteiger charge is -2.31. The molecule has 0 bridgehead atoms. The molecule has 1 aliphatic rings. The molecule has 1 aromatic rings. The maximum absolute atomic E-state index is 10.3. The first-order valence-electron chi connectivity index (χ1n) is 6.09. The number of benzene rings is 1. The van der Waals surface area contributed by atoms with Gasteiger partial charge in [-0.15, -0.1) is 0 Å². The Morgan fingerprint density at radius 2 is 2.00 bits per heavy atom. The van der Waals surface area contributed by atoms with Crippen LogP contribution < -0.4 is 4.74 Å². The van der Waals surface area contributed by atoms with Gasteiger partial charge in [0.15, 0.2) is 0 Å². The summed E-state index contributed by atoms with van der Waals surface area (Å²) in [6, 6.07) is 6.08. The smallest absolute Gasteiger partial charge is 0.122 e. The van der Waals surface area contributed by atoms with Crippen molar-refractivity contribution in [2.24, 2.45) is 0 Å². The van der Waals surface area contributed by atoms with E-state index in [-0.39, 0.29) is 0 Å². The molecule has 1 fully saturated rings. The van der Waals surface area contributed by atoms with E-state index in [9.17, 15) is 5.11 Å². The minimum Gasteiger partial charge on any atom is -0.490 e. The number of rotatable bonds is 3. The second-order valence-electron chi connectivity index (χ2n) is 4.89. The van der Waals surface area contributed by atoms with Gasteiger partial charge in [-0.2, -0.15) is 0 Å². The molecular weight excluding hydrogens is 216 g/mol.